The summed E-state index contributed by atoms with van der Waals surface area (Å²) in [5.74, 6) is 1.50. The Hall–Kier alpha value is -1.02. The van der Waals surface area contributed by atoms with Crippen molar-refractivity contribution >= 4 is 34.3 Å². The maximum absolute atomic E-state index is 11.5. The van der Waals surface area contributed by atoms with Gasteiger partial charge in [-0.15, -0.1) is 0 Å². The third-order valence-electron chi connectivity index (χ3n) is 4.31. The minimum atomic E-state index is -0.135. The molecule has 2 rings (SSSR count). The number of hydrogen-bond acceptors (Lipinski definition) is 4. The SMILES string of the molecule is CCOC(=O)CCCc1nc2ccc(N(CCCl)CC[I-]C)cc2n1C. The Morgan fingerprint density at radius 2 is 2.19 bits per heavy atom. The quantitative estimate of drug-likeness (QED) is 0.256. The van der Waals surface area contributed by atoms with Gasteiger partial charge < -0.3 is 4.74 Å². The minimum absolute atomic E-state index is 0.135. The number of halogens is 2. The number of aromatic nitrogens is 2. The summed E-state index contributed by atoms with van der Waals surface area (Å²) in [6, 6.07) is 6.43. The van der Waals surface area contributed by atoms with Crippen LogP contribution in [0.3, 0.4) is 0 Å². The van der Waals surface area contributed by atoms with Crippen LogP contribution in [0.15, 0.2) is 18.2 Å². The van der Waals surface area contributed by atoms with Crippen molar-refractivity contribution in [2.24, 2.45) is 7.05 Å². The van der Waals surface area contributed by atoms with Gasteiger partial charge in [0.1, 0.15) is 0 Å². The number of carbonyl (C=O) groups is 1. The normalized spacial score (nSPS) is 11.2. The van der Waals surface area contributed by atoms with Gasteiger partial charge in [-0.2, -0.15) is 0 Å². The molecule has 0 aliphatic rings. The second kappa shape index (κ2) is 11.0. The van der Waals surface area contributed by atoms with E-state index in [1.54, 1.807) is 0 Å². The van der Waals surface area contributed by atoms with E-state index in [4.69, 9.17) is 21.3 Å². The van der Waals surface area contributed by atoms with Gasteiger partial charge in [-0.1, -0.05) is 0 Å². The second-order valence-corrected chi connectivity index (χ2v) is 9.03. The Kier molecular flexibility index (Phi) is 8.98. The van der Waals surface area contributed by atoms with Crippen molar-refractivity contribution in [2.45, 2.75) is 26.2 Å². The van der Waals surface area contributed by atoms with Gasteiger partial charge >= 0.3 is 149 Å². The van der Waals surface area contributed by atoms with E-state index in [2.05, 4.69) is 32.6 Å². The molecule has 0 aliphatic heterocycles. The number of rotatable bonds is 11. The summed E-state index contributed by atoms with van der Waals surface area (Å²) in [7, 11) is 2.04. The zero-order chi connectivity index (χ0) is 18.9. The number of fused-ring (bicyclic) bond motifs is 1. The summed E-state index contributed by atoms with van der Waals surface area (Å²) < 4.78 is 8.38. The molecular formula is C19H28ClIN3O2-. The Balaban J connectivity index is 2.13. The number of carbonyl (C=O) groups excluding carboxylic acids is 1. The van der Waals surface area contributed by atoms with Crippen LogP contribution in [0, 0.1) is 0 Å². The first-order chi connectivity index (χ1) is 12.6. The van der Waals surface area contributed by atoms with Gasteiger partial charge in [-0.25, -0.2) is 0 Å². The van der Waals surface area contributed by atoms with Crippen LogP contribution in [0.2, 0.25) is 0 Å². The molecule has 0 N–H and O–H groups in total. The molecule has 1 heterocycles. The van der Waals surface area contributed by atoms with E-state index < -0.39 is 0 Å². The fraction of sp³-hybridized carbons (Fsp3) is 0.579. The molecule has 0 aliphatic carbocycles. The molecule has 0 saturated heterocycles. The summed E-state index contributed by atoms with van der Waals surface area (Å²) in [5.41, 5.74) is 3.33. The van der Waals surface area contributed by atoms with Gasteiger partial charge in [-0.05, 0) is 6.92 Å². The molecule has 0 amide bonds. The zero-order valence-corrected chi connectivity index (χ0v) is 18.7. The van der Waals surface area contributed by atoms with Gasteiger partial charge in [0.2, 0.25) is 0 Å². The summed E-state index contributed by atoms with van der Waals surface area (Å²) in [5, 5.41) is 0. The molecule has 0 radical (unpaired) electrons. The summed E-state index contributed by atoms with van der Waals surface area (Å²) in [6.45, 7) is 4.19. The van der Waals surface area contributed by atoms with Gasteiger partial charge in [-0.3, -0.25) is 4.79 Å². The van der Waals surface area contributed by atoms with E-state index in [0.29, 0.717) is 18.9 Å². The van der Waals surface area contributed by atoms with E-state index in [0.717, 1.165) is 42.8 Å². The monoisotopic (exact) mass is 492 g/mol. The van der Waals surface area contributed by atoms with Crippen LogP contribution in [-0.2, 0) is 23.0 Å². The number of hydrogen-bond donors (Lipinski definition) is 0. The van der Waals surface area contributed by atoms with Crippen molar-refractivity contribution in [3.63, 3.8) is 0 Å². The average Bonchev–Trinajstić information content (AvgIpc) is 2.94. The van der Waals surface area contributed by atoms with Gasteiger partial charge in [0.15, 0.2) is 0 Å². The molecule has 0 spiro atoms. The van der Waals surface area contributed by atoms with Crippen LogP contribution in [0.4, 0.5) is 5.69 Å². The predicted molar refractivity (Wildman–Crippen MR) is 104 cm³/mol. The van der Waals surface area contributed by atoms with Gasteiger partial charge in [0.05, 0.1) is 6.61 Å². The molecule has 26 heavy (non-hydrogen) atoms. The predicted octanol–water partition coefficient (Wildman–Crippen LogP) is 0.223. The van der Waals surface area contributed by atoms with Crippen molar-refractivity contribution in [2.75, 3.05) is 39.8 Å². The molecule has 0 saturated carbocycles. The Morgan fingerprint density at radius 3 is 2.88 bits per heavy atom. The van der Waals surface area contributed by atoms with Crippen LogP contribution in [0.1, 0.15) is 25.6 Å². The van der Waals surface area contributed by atoms with Crippen LogP contribution >= 0.6 is 11.6 Å². The van der Waals surface area contributed by atoms with Crippen LogP contribution in [-0.4, -0.2) is 50.5 Å². The van der Waals surface area contributed by atoms with Gasteiger partial charge in [0, 0.05) is 0 Å². The fourth-order valence-corrected chi connectivity index (χ4v) is 4.20. The van der Waals surface area contributed by atoms with Crippen molar-refractivity contribution in [3.8, 4) is 0 Å². The Bertz CT molecular complexity index is 720. The van der Waals surface area contributed by atoms with Crippen molar-refractivity contribution in [1.29, 1.82) is 0 Å². The fourth-order valence-electron chi connectivity index (χ4n) is 2.93. The Morgan fingerprint density at radius 1 is 1.38 bits per heavy atom. The summed E-state index contributed by atoms with van der Waals surface area (Å²) in [4.78, 5) is 20.9. The number of anilines is 1. The molecule has 7 heteroatoms. The summed E-state index contributed by atoms with van der Waals surface area (Å²) >= 11 is 6.27. The molecule has 0 fully saturated rings. The van der Waals surface area contributed by atoms with E-state index in [1.807, 2.05) is 14.0 Å². The molecule has 1 aromatic carbocycles. The Labute approximate surface area is 171 Å². The molecule has 5 nitrogen and oxygen atoms in total. The van der Waals surface area contributed by atoms with Crippen LogP contribution in [0.5, 0.6) is 0 Å². The van der Waals surface area contributed by atoms with Crippen LogP contribution in [0.25, 0.3) is 11.0 Å². The first kappa shape index (κ1) is 21.3. The third kappa shape index (κ3) is 5.74. The third-order valence-corrected chi connectivity index (χ3v) is 6.04. The molecule has 0 unspecified atom stereocenters. The first-order valence-electron chi connectivity index (χ1n) is 8.96. The van der Waals surface area contributed by atoms with Crippen LogP contribution < -0.4 is 26.1 Å². The number of alkyl halides is 3. The number of nitrogens with zero attached hydrogens (tertiary/aromatic N) is 3. The molecule has 0 bridgehead atoms. The van der Waals surface area contributed by atoms with E-state index in [1.165, 1.54) is 10.1 Å². The molecular weight excluding hydrogens is 465 g/mol. The van der Waals surface area contributed by atoms with E-state index >= 15 is 0 Å². The topological polar surface area (TPSA) is 47.4 Å². The number of imidazole rings is 1. The first-order valence-corrected chi connectivity index (χ1v) is 13.2. The molecule has 2 aromatic rings. The molecule has 1 aromatic heterocycles. The van der Waals surface area contributed by atoms with Gasteiger partial charge in [0.25, 0.3) is 0 Å². The second-order valence-electron chi connectivity index (χ2n) is 6.05. The molecule has 146 valence electrons. The number of ether oxygens (including phenoxy) is 1. The standard InChI is InChI=1S/C19H28ClIN3O2/c1-4-26-19(25)7-5-6-18-22-16-9-8-15(14-17(16)23(18)3)24(12-10-20)13-11-21-2/h8-9,14H,4-7,10-13H2,1-3H3/q-1. The number of aryl methyl sites for hydroxylation is 2. The maximum atomic E-state index is 11.5. The average molecular weight is 493 g/mol. The zero-order valence-electron chi connectivity index (χ0n) is 15.8. The van der Waals surface area contributed by atoms with Crippen molar-refractivity contribution < 1.29 is 30.7 Å². The number of benzene rings is 1. The molecule has 0 atom stereocenters. The summed E-state index contributed by atoms with van der Waals surface area (Å²) in [6.07, 6.45) is 1.96. The van der Waals surface area contributed by atoms with Crippen molar-refractivity contribution in [1.82, 2.24) is 9.55 Å². The van der Waals surface area contributed by atoms with E-state index in [-0.39, 0.29) is 27.2 Å². The number of esters is 1. The van der Waals surface area contributed by atoms with E-state index in [9.17, 15) is 4.79 Å². The van der Waals surface area contributed by atoms with Crippen molar-refractivity contribution in [3.05, 3.63) is 24.0 Å².